The summed E-state index contributed by atoms with van der Waals surface area (Å²) in [6, 6.07) is 12.9. The molecule has 0 spiro atoms. The van der Waals surface area contributed by atoms with E-state index in [1.54, 1.807) is 4.90 Å². The molecule has 5 aliphatic rings. The molecule has 0 aromatic heterocycles. The van der Waals surface area contributed by atoms with Gasteiger partial charge in [0.05, 0.1) is 6.10 Å². The zero-order chi connectivity index (χ0) is 48.9. The van der Waals surface area contributed by atoms with Gasteiger partial charge in [0.25, 0.3) is 0 Å². The van der Waals surface area contributed by atoms with E-state index in [-0.39, 0.29) is 52.2 Å². The van der Waals surface area contributed by atoms with Gasteiger partial charge in [-0.25, -0.2) is 0 Å². The van der Waals surface area contributed by atoms with Crippen molar-refractivity contribution in [3.05, 3.63) is 96.4 Å². The standard InChI is InChI=1S/C44H53IN5O5.C8H10NO2.CH3.In/c1-28(2)21-41(51)47-38-23-31-11-9-12-32(22-31)33-15-16-40-34(24-33)35(25-44(5,6)27-55-43(53)37-13-10-20-49(48-37)42(38)52)39-14-7-8-19-46-36(17-18-45)30(4)54-26-29(3)50(39)40;1-2-8(11)9-4-3-7(5-9)6-10;;/h7-9,11-12,14-16,19,21-22,24,28,30,37-38,48H,10,13,17-18,20,23,25-27H2,1-6H3;2,7H,1,3-5H2;1H3;/p+1/b14-7+,19-8-,46-36?,50-29?;;;/t30-,37-,38-;7-;;/m00../s1. The predicted octanol–water partition coefficient (Wildman–Crippen LogP) is 7.73. The van der Waals surface area contributed by atoms with Gasteiger partial charge >= 0.3 is 290 Å². The average Bonchev–Trinajstić information content (AvgIpc) is 3.93. The van der Waals surface area contributed by atoms with Crippen LogP contribution in [0.5, 0.6) is 0 Å². The minimum absolute atomic E-state index is 0.136. The number of hydrogen-bond acceptors (Lipinski definition) is 9. The summed E-state index contributed by atoms with van der Waals surface area (Å²) in [5.41, 5.74) is 11.8. The van der Waals surface area contributed by atoms with Gasteiger partial charge in [-0.1, -0.05) is 42.5 Å². The van der Waals surface area contributed by atoms with Crippen LogP contribution in [0, 0.1) is 17.3 Å². The van der Waals surface area contributed by atoms with E-state index in [0.717, 1.165) is 61.5 Å². The number of cyclic esters (lactones) is 1. The third kappa shape index (κ3) is 11.9. The first-order valence-corrected chi connectivity index (χ1v) is 32.5. The zero-order valence-corrected chi connectivity index (χ0v) is 46.1. The number of rotatable bonds is 9. The van der Waals surface area contributed by atoms with Crippen molar-refractivity contribution in [3.63, 3.8) is 0 Å². The third-order valence-electron chi connectivity index (χ3n) is 13.9. The summed E-state index contributed by atoms with van der Waals surface area (Å²) in [7, 11) is 0. The van der Waals surface area contributed by atoms with Gasteiger partial charge in [-0.3, -0.25) is 4.99 Å². The Hall–Kier alpha value is -4.19. The number of nitrogens with one attached hydrogen (secondary N) is 2. The molecular formula is C53H67IInN6O7+. The molecule has 2 fully saturated rings. The fourth-order valence-electron chi connectivity index (χ4n) is 10.3. The van der Waals surface area contributed by atoms with E-state index in [0.29, 0.717) is 51.9 Å². The summed E-state index contributed by atoms with van der Waals surface area (Å²) in [5.74, 6) is -1.72. The Bertz CT molecular complexity index is 2480. The number of carbonyl (C=O) groups excluding carboxylic acids is 5. The number of allylic oxidation sites excluding steroid dienone is 4. The molecule has 5 heterocycles. The van der Waals surface area contributed by atoms with Gasteiger partial charge in [0.15, 0.2) is 5.71 Å². The fourth-order valence-corrected chi connectivity index (χ4v) is 19.6. The van der Waals surface area contributed by atoms with Crippen molar-refractivity contribution in [2.45, 2.75) is 107 Å². The topological polar surface area (TPSA) is 150 Å². The average molecular weight is 1140 g/mol. The number of aliphatic imine (C=N–C) groups is 1. The van der Waals surface area contributed by atoms with Gasteiger partial charge in [0, 0.05) is 29.3 Å². The van der Waals surface area contributed by atoms with E-state index in [4.69, 9.17) is 14.5 Å². The molecule has 6 bridgehead atoms. The molecule has 0 unspecified atom stereocenters. The summed E-state index contributed by atoms with van der Waals surface area (Å²) in [6.07, 6.45) is 12.3. The van der Waals surface area contributed by atoms with Gasteiger partial charge in [0.2, 0.25) is 5.70 Å². The molecule has 2 saturated heterocycles. The molecule has 0 radical (unpaired) electrons. The molecule has 15 heteroatoms. The number of hydrazine groups is 1. The number of amides is 3. The Morgan fingerprint density at radius 3 is 2.63 bits per heavy atom. The number of esters is 1. The van der Waals surface area contributed by atoms with Crippen molar-refractivity contribution < 1.29 is 38.0 Å². The third-order valence-corrected chi connectivity index (χ3v) is 24.5. The first kappa shape index (κ1) is 51.7. The number of likely N-dealkylation sites (tertiary alicyclic amines) is 1. The number of halogens is 1. The molecule has 5 aliphatic heterocycles. The van der Waals surface area contributed by atoms with E-state index >= 15 is 0 Å². The second kappa shape index (κ2) is 22.7. The number of fused-ring (bicyclic) bond motifs is 8. The van der Waals surface area contributed by atoms with Gasteiger partial charge in [0.1, 0.15) is 6.61 Å². The quantitative estimate of drug-likeness (QED) is 0.0853. The van der Waals surface area contributed by atoms with E-state index in [1.807, 2.05) is 49.0 Å². The molecule has 0 saturated carbocycles. The van der Waals surface area contributed by atoms with Gasteiger partial charge in [-0.15, -0.1) is 0 Å². The Morgan fingerprint density at radius 2 is 1.88 bits per heavy atom. The number of carbonyl (C=O) groups is 5. The monoisotopic (exact) mass is 1140 g/mol. The molecule has 2 aromatic carbocycles. The van der Waals surface area contributed by atoms with Crippen LogP contribution in [0.1, 0.15) is 84.8 Å². The first-order chi connectivity index (χ1) is 32.5. The molecule has 2 N–H and O–H groups in total. The zero-order valence-electron chi connectivity index (χ0n) is 40.7. The van der Waals surface area contributed by atoms with Gasteiger partial charge in [-0.2, -0.15) is 4.58 Å². The van der Waals surface area contributed by atoms with Crippen LogP contribution in [0.3, 0.4) is 0 Å². The van der Waals surface area contributed by atoms with Crippen LogP contribution in [0.15, 0.2) is 90.2 Å². The number of nitrogens with zero attached hydrogens (tertiary/aromatic N) is 4. The van der Waals surface area contributed by atoms with Crippen LogP contribution in [0.2, 0.25) is 8.35 Å². The van der Waals surface area contributed by atoms with Crippen molar-refractivity contribution in [2.24, 2.45) is 22.2 Å². The van der Waals surface area contributed by atoms with E-state index < -0.39 is 48.6 Å². The predicted molar refractivity (Wildman–Crippen MR) is 277 cm³/mol. The Balaban J connectivity index is 1.27. The summed E-state index contributed by atoms with van der Waals surface area (Å²) in [4.78, 5) is 76.2. The van der Waals surface area contributed by atoms with Crippen LogP contribution in [0.4, 0.5) is 5.69 Å². The molecule has 3 amide bonds. The van der Waals surface area contributed by atoms with Crippen molar-refractivity contribution in [1.82, 2.24) is 20.7 Å². The first-order valence-electron chi connectivity index (χ1n) is 24.2. The summed E-state index contributed by atoms with van der Waals surface area (Å²) >= 11 is -0.970. The van der Waals surface area contributed by atoms with Crippen molar-refractivity contribution in [3.8, 4) is 11.1 Å². The molecule has 68 heavy (non-hydrogen) atoms. The van der Waals surface area contributed by atoms with Crippen LogP contribution in [-0.2, 0) is 39.9 Å². The molecule has 0 aliphatic carbocycles. The Morgan fingerprint density at radius 1 is 1.10 bits per heavy atom. The van der Waals surface area contributed by atoms with E-state index in [1.165, 1.54) is 11.1 Å². The Labute approximate surface area is 423 Å². The normalized spacial score (nSPS) is 24.6. The fraction of sp³-hybridized carbons (Fsp3) is 0.491. The maximum absolute atomic E-state index is 14.8. The van der Waals surface area contributed by atoms with Crippen LogP contribution in [0.25, 0.3) is 16.7 Å². The maximum atomic E-state index is 14.8. The summed E-state index contributed by atoms with van der Waals surface area (Å²) in [6.45, 7) is 17.6. The number of benzene rings is 2. The second-order valence-electron chi connectivity index (χ2n) is 20.0. The van der Waals surface area contributed by atoms with Crippen molar-refractivity contribution in [1.29, 1.82) is 0 Å². The number of alkyl halides is 1. The van der Waals surface area contributed by atoms with Crippen molar-refractivity contribution >= 4 is 93.9 Å². The molecule has 13 nitrogen and oxygen atoms in total. The molecule has 2 aromatic rings. The number of hydrogen-bond donors (Lipinski definition) is 2. The minimum atomic E-state index is -3.34. The van der Waals surface area contributed by atoms with Crippen LogP contribution < -0.4 is 10.7 Å². The molecule has 360 valence electrons. The summed E-state index contributed by atoms with van der Waals surface area (Å²) in [5, 5.41) is 4.63. The van der Waals surface area contributed by atoms with Gasteiger partial charge < -0.3 is 4.74 Å². The van der Waals surface area contributed by atoms with Crippen LogP contribution in [-0.4, -0.2) is 130 Å². The Kier molecular flexibility index (Phi) is 17.2. The SMILES string of the molecule is C=CC(=O)N1CC[C@H]([C](=O)[In]([CH3])[C@H](C(=O)N[C@H]2Cc3cccc(c3)-c3ccc4c(c3)C(=C3/C=C/C=C\N=C(CCI)[C@H](C)OCC(C)=[N+]34)CC(C)(C)COC(=O)[C@@H]3CCCN(N3)C2=O)C(C)C)C1. The van der Waals surface area contributed by atoms with Crippen molar-refractivity contribution in [2.75, 3.05) is 37.3 Å². The van der Waals surface area contributed by atoms with Crippen LogP contribution >= 0.6 is 22.6 Å². The molecule has 7 rings (SSSR count). The second-order valence-corrected chi connectivity index (χ2v) is 29.3. The molecular weight excluding hydrogens is 1070 g/mol. The van der Waals surface area contributed by atoms with E-state index in [2.05, 4.69) is 109 Å². The van der Waals surface area contributed by atoms with E-state index in [9.17, 15) is 24.0 Å². The van der Waals surface area contributed by atoms with Gasteiger partial charge in [-0.05, 0) is 25.8 Å². The summed E-state index contributed by atoms with van der Waals surface area (Å²) < 4.78 is 17.5. The molecule has 5 atom stereocenters. The number of ether oxygens (including phenoxy) is 2.